The van der Waals surface area contributed by atoms with Crippen LogP contribution in [0.15, 0.2) is 42.5 Å². The molecule has 1 fully saturated rings. The summed E-state index contributed by atoms with van der Waals surface area (Å²) in [5.74, 6) is 0.537. The van der Waals surface area contributed by atoms with Crippen LogP contribution in [-0.4, -0.2) is 6.04 Å². The number of aryl methyl sites for hydroxylation is 1. The Bertz CT molecular complexity index is 605. The summed E-state index contributed by atoms with van der Waals surface area (Å²) in [6, 6.07) is 13.6. The third-order valence-electron chi connectivity index (χ3n) is 3.70. The molecule has 0 saturated heterocycles. The van der Waals surface area contributed by atoms with Gasteiger partial charge in [-0.15, -0.1) is 0 Å². The van der Waals surface area contributed by atoms with E-state index in [4.69, 9.17) is 4.74 Å². The van der Waals surface area contributed by atoms with E-state index in [0.717, 1.165) is 16.9 Å². The molecule has 0 bridgehead atoms. The Labute approximate surface area is 125 Å². The number of benzene rings is 2. The van der Waals surface area contributed by atoms with Gasteiger partial charge in [0.2, 0.25) is 0 Å². The summed E-state index contributed by atoms with van der Waals surface area (Å²) in [6.45, 7) is 3.22. The molecule has 1 N–H and O–H groups in total. The van der Waals surface area contributed by atoms with Crippen LogP contribution >= 0.6 is 0 Å². The number of ether oxygens (including phenoxy) is 1. The van der Waals surface area contributed by atoms with Crippen LogP contribution in [0.4, 0.5) is 4.39 Å². The molecule has 0 aliphatic heterocycles. The second kappa shape index (κ2) is 6.27. The van der Waals surface area contributed by atoms with Crippen molar-refractivity contribution in [3.8, 4) is 5.75 Å². The quantitative estimate of drug-likeness (QED) is 0.867. The van der Waals surface area contributed by atoms with Crippen molar-refractivity contribution < 1.29 is 9.13 Å². The van der Waals surface area contributed by atoms with Crippen LogP contribution in [0.1, 0.15) is 29.5 Å². The van der Waals surface area contributed by atoms with Gasteiger partial charge in [0.1, 0.15) is 18.2 Å². The van der Waals surface area contributed by atoms with Gasteiger partial charge in [-0.25, -0.2) is 4.39 Å². The maximum atomic E-state index is 13.4. The highest BCUT2D eigenvalue weighted by atomic mass is 19.1. The highest BCUT2D eigenvalue weighted by Gasteiger charge is 2.20. The van der Waals surface area contributed by atoms with Gasteiger partial charge in [0.15, 0.2) is 0 Å². The number of hydrogen-bond acceptors (Lipinski definition) is 2. The summed E-state index contributed by atoms with van der Waals surface area (Å²) in [6.07, 6.45) is 2.43. The standard InChI is InChI=1S/C18H20FNO/c1-13-2-4-14(5-3-13)12-21-18-9-6-16(19)10-15(18)11-20-17-7-8-17/h2-6,9-10,17,20H,7-8,11-12H2,1H3. The van der Waals surface area contributed by atoms with E-state index in [-0.39, 0.29) is 5.82 Å². The zero-order chi connectivity index (χ0) is 14.7. The zero-order valence-corrected chi connectivity index (χ0v) is 12.2. The van der Waals surface area contributed by atoms with Gasteiger partial charge >= 0.3 is 0 Å². The van der Waals surface area contributed by atoms with Gasteiger partial charge in [-0.2, -0.15) is 0 Å². The first kappa shape index (κ1) is 14.1. The molecule has 0 unspecified atom stereocenters. The molecule has 2 nitrogen and oxygen atoms in total. The summed E-state index contributed by atoms with van der Waals surface area (Å²) >= 11 is 0. The fourth-order valence-corrected chi connectivity index (χ4v) is 2.21. The van der Waals surface area contributed by atoms with E-state index in [9.17, 15) is 4.39 Å². The van der Waals surface area contributed by atoms with Crippen LogP contribution < -0.4 is 10.1 Å². The minimum atomic E-state index is -0.217. The van der Waals surface area contributed by atoms with Gasteiger partial charge in [0.25, 0.3) is 0 Å². The Balaban J connectivity index is 1.66. The van der Waals surface area contributed by atoms with Gasteiger partial charge < -0.3 is 10.1 Å². The monoisotopic (exact) mass is 285 g/mol. The van der Waals surface area contributed by atoms with Gasteiger partial charge in [-0.05, 0) is 43.5 Å². The molecule has 1 aliphatic carbocycles. The molecule has 0 radical (unpaired) electrons. The smallest absolute Gasteiger partial charge is 0.124 e. The van der Waals surface area contributed by atoms with E-state index in [1.54, 1.807) is 12.1 Å². The van der Waals surface area contributed by atoms with Crippen LogP contribution in [-0.2, 0) is 13.2 Å². The molecule has 0 atom stereocenters. The third kappa shape index (κ3) is 4.05. The Morgan fingerprint density at radius 2 is 1.90 bits per heavy atom. The molecule has 3 heteroatoms. The summed E-state index contributed by atoms with van der Waals surface area (Å²) in [5.41, 5.74) is 3.23. The molecular formula is C18H20FNO. The average molecular weight is 285 g/mol. The lowest BCUT2D eigenvalue weighted by molar-refractivity contribution is 0.301. The van der Waals surface area contributed by atoms with Crippen LogP contribution in [0.3, 0.4) is 0 Å². The van der Waals surface area contributed by atoms with Gasteiger partial charge in [-0.1, -0.05) is 29.8 Å². The normalized spacial score (nSPS) is 14.2. The van der Waals surface area contributed by atoms with Gasteiger partial charge in [0.05, 0.1) is 0 Å². The molecular weight excluding hydrogens is 265 g/mol. The lowest BCUT2D eigenvalue weighted by atomic mass is 10.1. The van der Waals surface area contributed by atoms with Crippen LogP contribution in [0.2, 0.25) is 0 Å². The van der Waals surface area contributed by atoms with Crippen LogP contribution in [0, 0.1) is 12.7 Å². The lowest BCUT2D eigenvalue weighted by Crippen LogP contribution is -2.16. The first-order valence-corrected chi connectivity index (χ1v) is 7.41. The molecule has 2 aromatic rings. The van der Waals surface area contributed by atoms with E-state index < -0.39 is 0 Å². The van der Waals surface area contributed by atoms with E-state index in [2.05, 4.69) is 36.5 Å². The molecule has 0 heterocycles. The van der Waals surface area contributed by atoms with Crippen molar-refractivity contribution in [1.82, 2.24) is 5.32 Å². The Morgan fingerprint density at radius 1 is 1.14 bits per heavy atom. The summed E-state index contributed by atoms with van der Waals surface area (Å²) in [5, 5.41) is 3.40. The third-order valence-corrected chi connectivity index (χ3v) is 3.70. The maximum Gasteiger partial charge on any atom is 0.124 e. The molecule has 0 spiro atoms. The second-order valence-electron chi connectivity index (χ2n) is 5.68. The van der Waals surface area contributed by atoms with Crippen LogP contribution in [0.5, 0.6) is 5.75 Å². The summed E-state index contributed by atoms with van der Waals surface area (Å²) in [4.78, 5) is 0. The van der Waals surface area contributed by atoms with Crippen molar-refractivity contribution >= 4 is 0 Å². The SMILES string of the molecule is Cc1ccc(COc2ccc(F)cc2CNC2CC2)cc1. The van der Waals surface area contributed by atoms with Gasteiger partial charge in [-0.3, -0.25) is 0 Å². The molecule has 1 aliphatic rings. The highest BCUT2D eigenvalue weighted by Crippen LogP contribution is 2.24. The van der Waals surface area contributed by atoms with E-state index in [0.29, 0.717) is 19.2 Å². The lowest BCUT2D eigenvalue weighted by Gasteiger charge is -2.12. The molecule has 2 aromatic carbocycles. The minimum absolute atomic E-state index is 0.217. The van der Waals surface area contributed by atoms with Crippen molar-refractivity contribution in [2.75, 3.05) is 0 Å². The predicted molar refractivity (Wildman–Crippen MR) is 81.8 cm³/mol. The fourth-order valence-electron chi connectivity index (χ4n) is 2.21. The van der Waals surface area contributed by atoms with E-state index in [1.165, 1.54) is 24.5 Å². The average Bonchev–Trinajstić information content (AvgIpc) is 3.30. The molecule has 1 saturated carbocycles. The number of hydrogen-bond donors (Lipinski definition) is 1. The molecule has 110 valence electrons. The first-order valence-electron chi connectivity index (χ1n) is 7.41. The number of rotatable bonds is 6. The number of nitrogens with one attached hydrogen (secondary N) is 1. The van der Waals surface area contributed by atoms with Crippen molar-refractivity contribution in [2.45, 2.75) is 39.0 Å². The van der Waals surface area contributed by atoms with Crippen molar-refractivity contribution in [3.05, 3.63) is 65.0 Å². The minimum Gasteiger partial charge on any atom is -0.489 e. The molecule has 21 heavy (non-hydrogen) atoms. The summed E-state index contributed by atoms with van der Waals surface area (Å²) < 4.78 is 19.3. The second-order valence-corrected chi connectivity index (χ2v) is 5.68. The van der Waals surface area contributed by atoms with Gasteiger partial charge in [0, 0.05) is 18.2 Å². The zero-order valence-electron chi connectivity index (χ0n) is 12.2. The Hall–Kier alpha value is -1.87. The summed E-state index contributed by atoms with van der Waals surface area (Å²) in [7, 11) is 0. The Morgan fingerprint density at radius 3 is 2.62 bits per heavy atom. The molecule has 0 aromatic heterocycles. The molecule has 0 amide bonds. The predicted octanol–water partition coefficient (Wildman–Crippen LogP) is 3.97. The fraction of sp³-hybridized carbons (Fsp3) is 0.333. The molecule has 3 rings (SSSR count). The highest BCUT2D eigenvalue weighted by molar-refractivity contribution is 5.34. The topological polar surface area (TPSA) is 21.3 Å². The van der Waals surface area contributed by atoms with Crippen molar-refractivity contribution in [3.63, 3.8) is 0 Å². The van der Waals surface area contributed by atoms with E-state index >= 15 is 0 Å². The Kier molecular flexibility index (Phi) is 4.20. The maximum absolute atomic E-state index is 13.4. The van der Waals surface area contributed by atoms with Crippen molar-refractivity contribution in [1.29, 1.82) is 0 Å². The largest absolute Gasteiger partial charge is 0.489 e. The first-order chi connectivity index (χ1) is 10.2. The van der Waals surface area contributed by atoms with Crippen LogP contribution in [0.25, 0.3) is 0 Å². The number of halogens is 1. The van der Waals surface area contributed by atoms with Crippen molar-refractivity contribution in [2.24, 2.45) is 0 Å². The van der Waals surface area contributed by atoms with E-state index in [1.807, 2.05) is 0 Å².